The zero-order chi connectivity index (χ0) is 16.8. The highest BCUT2D eigenvalue weighted by molar-refractivity contribution is 6.00. The van der Waals surface area contributed by atoms with Crippen molar-refractivity contribution in [1.29, 1.82) is 0 Å². The third-order valence-corrected chi connectivity index (χ3v) is 2.86. The lowest BCUT2D eigenvalue weighted by atomic mass is 10.2. The summed E-state index contributed by atoms with van der Waals surface area (Å²) in [7, 11) is 0. The normalized spacial score (nSPS) is 10.0. The first-order chi connectivity index (χ1) is 11.0. The van der Waals surface area contributed by atoms with Crippen molar-refractivity contribution in [2.45, 2.75) is 6.92 Å². The largest absolute Gasteiger partial charge is 0.462 e. The second kappa shape index (κ2) is 7.35. The molecule has 0 atom stereocenters. The van der Waals surface area contributed by atoms with Gasteiger partial charge < -0.3 is 15.4 Å². The van der Waals surface area contributed by atoms with Crippen LogP contribution in [0.4, 0.5) is 25.0 Å². The highest BCUT2D eigenvalue weighted by atomic mass is 19.1. The summed E-state index contributed by atoms with van der Waals surface area (Å²) in [6.45, 7) is 1.95. The third kappa shape index (κ3) is 4.26. The van der Waals surface area contributed by atoms with Crippen LogP contribution in [0.15, 0.2) is 42.5 Å². The fraction of sp³-hybridized carbons (Fsp3) is 0.125. The van der Waals surface area contributed by atoms with Crippen molar-refractivity contribution < 1.29 is 23.1 Å². The van der Waals surface area contributed by atoms with Crippen LogP contribution in [0.25, 0.3) is 0 Å². The lowest BCUT2D eigenvalue weighted by molar-refractivity contribution is 0.0526. The van der Waals surface area contributed by atoms with Crippen molar-refractivity contribution in [2.75, 3.05) is 17.2 Å². The molecule has 0 aliphatic carbocycles. The van der Waals surface area contributed by atoms with Crippen LogP contribution in [0, 0.1) is 11.6 Å². The van der Waals surface area contributed by atoms with Crippen molar-refractivity contribution in [3.63, 3.8) is 0 Å². The van der Waals surface area contributed by atoms with Gasteiger partial charge in [-0.15, -0.1) is 0 Å². The van der Waals surface area contributed by atoms with Crippen LogP contribution in [0.1, 0.15) is 17.3 Å². The molecule has 2 rings (SSSR count). The predicted molar refractivity (Wildman–Crippen MR) is 81.4 cm³/mol. The van der Waals surface area contributed by atoms with Gasteiger partial charge >= 0.3 is 12.0 Å². The summed E-state index contributed by atoms with van der Waals surface area (Å²) in [5, 5.41) is 4.50. The molecule has 0 aliphatic rings. The van der Waals surface area contributed by atoms with E-state index in [0.29, 0.717) is 11.3 Å². The van der Waals surface area contributed by atoms with Crippen LogP contribution >= 0.6 is 0 Å². The van der Waals surface area contributed by atoms with Gasteiger partial charge in [-0.25, -0.2) is 18.4 Å². The van der Waals surface area contributed by atoms with E-state index in [1.807, 2.05) is 0 Å². The minimum absolute atomic E-state index is 0.259. The number of esters is 1. The lowest BCUT2D eigenvalue weighted by Gasteiger charge is -2.09. The fourth-order valence-corrected chi connectivity index (χ4v) is 1.80. The van der Waals surface area contributed by atoms with E-state index in [9.17, 15) is 18.4 Å². The van der Waals surface area contributed by atoms with E-state index >= 15 is 0 Å². The summed E-state index contributed by atoms with van der Waals surface area (Å²) in [5.74, 6) is -2.23. The molecule has 0 unspecified atom stereocenters. The SMILES string of the molecule is CCOC(=O)c1ccc(NC(=O)Nc2c(F)cccc2F)cc1. The van der Waals surface area contributed by atoms with E-state index in [4.69, 9.17) is 4.74 Å². The number of benzene rings is 2. The van der Waals surface area contributed by atoms with Crippen molar-refractivity contribution in [1.82, 2.24) is 0 Å². The molecular weight excluding hydrogens is 306 g/mol. The molecule has 5 nitrogen and oxygen atoms in total. The van der Waals surface area contributed by atoms with Crippen molar-refractivity contribution in [3.8, 4) is 0 Å². The smallest absolute Gasteiger partial charge is 0.338 e. The van der Waals surface area contributed by atoms with E-state index in [2.05, 4.69) is 10.6 Å². The monoisotopic (exact) mass is 320 g/mol. The summed E-state index contributed by atoms with van der Waals surface area (Å²) < 4.78 is 31.7. The average molecular weight is 320 g/mol. The number of halogens is 2. The molecule has 2 aromatic carbocycles. The second-order valence-corrected chi connectivity index (χ2v) is 4.47. The molecule has 0 heterocycles. The average Bonchev–Trinajstić information content (AvgIpc) is 2.52. The number of para-hydroxylation sites is 1. The minimum atomic E-state index is -0.877. The first-order valence-corrected chi connectivity index (χ1v) is 6.80. The van der Waals surface area contributed by atoms with Crippen molar-refractivity contribution in [2.24, 2.45) is 0 Å². The van der Waals surface area contributed by atoms with E-state index in [1.165, 1.54) is 30.3 Å². The molecule has 0 aliphatic heterocycles. The Kier molecular flexibility index (Phi) is 5.24. The quantitative estimate of drug-likeness (QED) is 0.842. The predicted octanol–water partition coefficient (Wildman–Crippen LogP) is 3.79. The van der Waals surface area contributed by atoms with E-state index < -0.39 is 29.3 Å². The van der Waals surface area contributed by atoms with Gasteiger partial charge in [0.2, 0.25) is 0 Å². The van der Waals surface area contributed by atoms with Crippen LogP contribution in [0.5, 0.6) is 0 Å². The van der Waals surface area contributed by atoms with Crippen LogP contribution < -0.4 is 10.6 Å². The first kappa shape index (κ1) is 16.4. The highest BCUT2D eigenvalue weighted by Gasteiger charge is 2.12. The zero-order valence-corrected chi connectivity index (χ0v) is 12.2. The molecule has 2 N–H and O–H groups in total. The number of anilines is 2. The van der Waals surface area contributed by atoms with Gasteiger partial charge in [0.1, 0.15) is 17.3 Å². The summed E-state index contributed by atoms with van der Waals surface area (Å²) in [4.78, 5) is 23.2. The summed E-state index contributed by atoms with van der Waals surface area (Å²) in [6.07, 6.45) is 0. The van der Waals surface area contributed by atoms with E-state index in [1.54, 1.807) is 6.92 Å². The van der Waals surface area contributed by atoms with Gasteiger partial charge in [0, 0.05) is 5.69 Å². The molecule has 7 heteroatoms. The molecule has 23 heavy (non-hydrogen) atoms. The molecule has 2 amide bonds. The lowest BCUT2D eigenvalue weighted by Crippen LogP contribution is -2.21. The minimum Gasteiger partial charge on any atom is -0.462 e. The molecule has 0 spiro atoms. The third-order valence-electron chi connectivity index (χ3n) is 2.86. The van der Waals surface area contributed by atoms with Crippen molar-refractivity contribution in [3.05, 3.63) is 59.7 Å². The molecule has 0 aromatic heterocycles. The fourth-order valence-electron chi connectivity index (χ4n) is 1.80. The maximum absolute atomic E-state index is 13.4. The van der Waals surface area contributed by atoms with Gasteiger partial charge in [0.25, 0.3) is 0 Å². The number of amides is 2. The molecule has 0 radical (unpaired) electrons. The number of nitrogens with one attached hydrogen (secondary N) is 2. The maximum atomic E-state index is 13.4. The van der Waals surface area contributed by atoms with Crippen molar-refractivity contribution >= 4 is 23.4 Å². The maximum Gasteiger partial charge on any atom is 0.338 e. The number of carbonyl (C=O) groups excluding carboxylic acids is 2. The van der Waals surface area contributed by atoms with Crippen LogP contribution in [-0.2, 0) is 4.74 Å². The summed E-state index contributed by atoms with van der Waals surface area (Å²) in [5.41, 5.74) is 0.151. The molecule has 0 saturated carbocycles. The van der Waals surface area contributed by atoms with E-state index in [0.717, 1.165) is 12.1 Å². The van der Waals surface area contributed by atoms with Gasteiger partial charge in [-0.05, 0) is 43.3 Å². The van der Waals surface area contributed by atoms with Crippen LogP contribution in [0.3, 0.4) is 0 Å². The number of carbonyl (C=O) groups is 2. The number of hydrogen-bond donors (Lipinski definition) is 2. The Labute approximate surface area is 131 Å². The Morgan fingerprint density at radius 1 is 1.00 bits per heavy atom. The zero-order valence-electron chi connectivity index (χ0n) is 12.2. The van der Waals surface area contributed by atoms with Crippen LogP contribution in [0.2, 0.25) is 0 Å². The summed E-state index contributed by atoms with van der Waals surface area (Å²) in [6, 6.07) is 8.35. The first-order valence-electron chi connectivity index (χ1n) is 6.80. The Bertz CT molecular complexity index is 698. The van der Waals surface area contributed by atoms with Gasteiger partial charge in [-0.2, -0.15) is 0 Å². The Morgan fingerprint density at radius 3 is 2.17 bits per heavy atom. The summed E-state index contributed by atoms with van der Waals surface area (Å²) >= 11 is 0. The molecule has 2 aromatic rings. The second-order valence-electron chi connectivity index (χ2n) is 4.47. The van der Waals surface area contributed by atoms with Gasteiger partial charge in [-0.3, -0.25) is 0 Å². The Morgan fingerprint density at radius 2 is 1.61 bits per heavy atom. The van der Waals surface area contributed by atoms with Gasteiger partial charge in [-0.1, -0.05) is 6.07 Å². The Hall–Kier alpha value is -2.96. The number of ether oxygens (including phenoxy) is 1. The number of urea groups is 1. The molecule has 120 valence electrons. The standard InChI is InChI=1S/C16H14F2N2O3/c1-2-23-15(21)10-6-8-11(9-7-10)19-16(22)20-14-12(17)4-3-5-13(14)18/h3-9H,2H2,1H3,(H2,19,20,22). The van der Waals surface area contributed by atoms with Gasteiger partial charge in [0.05, 0.1) is 12.2 Å². The highest BCUT2D eigenvalue weighted by Crippen LogP contribution is 2.18. The molecular formula is C16H14F2N2O3. The van der Waals surface area contributed by atoms with Gasteiger partial charge in [0.15, 0.2) is 0 Å². The Balaban J connectivity index is 2.02. The molecule has 0 bridgehead atoms. The number of hydrogen-bond acceptors (Lipinski definition) is 3. The number of rotatable bonds is 4. The van der Waals surface area contributed by atoms with Crippen LogP contribution in [-0.4, -0.2) is 18.6 Å². The van der Waals surface area contributed by atoms with E-state index in [-0.39, 0.29) is 6.61 Å². The topological polar surface area (TPSA) is 67.4 Å². The molecule has 0 saturated heterocycles. The molecule has 0 fully saturated rings.